The van der Waals surface area contributed by atoms with Crippen LogP contribution in [0.2, 0.25) is 5.02 Å². The number of benzene rings is 2. The monoisotopic (exact) mass is 556 g/mol. The van der Waals surface area contributed by atoms with Gasteiger partial charge in [0.25, 0.3) is 5.91 Å². The summed E-state index contributed by atoms with van der Waals surface area (Å²) in [6, 6.07) is 11.0. The molecule has 0 aliphatic carbocycles. The Kier molecular flexibility index (Phi) is 8.98. The number of carbonyl (C=O) groups is 3. The Labute approximate surface area is 233 Å². The van der Waals surface area contributed by atoms with E-state index in [1.165, 1.54) is 12.0 Å². The number of ether oxygens (including phenoxy) is 3. The summed E-state index contributed by atoms with van der Waals surface area (Å²) >= 11 is 5.95. The molecule has 4 rings (SSSR count). The molecule has 2 aliphatic heterocycles. The lowest BCUT2D eigenvalue weighted by Crippen LogP contribution is -2.53. The van der Waals surface area contributed by atoms with Crippen LogP contribution in [-0.2, 0) is 9.53 Å². The van der Waals surface area contributed by atoms with Gasteiger partial charge in [-0.05, 0) is 48.9 Å². The molecule has 1 saturated heterocycles. The van der Waals surface area contributed by atoms with Crippen LogP contribution in [0.5, 0.6) is 11.5 Å². The molecule has 2 aromatic carbocycles. The number of piperazine rings is 1. The molecule has 2 aliphatic rings. The first-order valence-electron chi connectivity index (χ1n) is 12.7. The van der Waals surface area contributed by atoms with Crippen LogP contribution in [-0.4, -0.2) is 93.2 Å². The number of hydrogen-bond acceptors (Lipinski definition) is 7. The third-order valence-corrected chi connectivity index (χ3v) is 7.19. The van der Waals surface area contributed by atoms with Crippen molar-refractivity contribution in [1.29, 1.82) is 0 Å². The van der Waals surface area contributed by atoms with E-state index < -0.39 is 12.0 Å². The molecule has 0 bridgehead atoms. The lowest BCUT2D eigenvalue weighted by Gasteiger charge is -2.39. The maximum Gasteiger partial charge on any atom is 0.338 e. The lowest BCUT2D eigenvalue weighted by molar-refractivity contribution is -0.139. The van der Waals surface area contributed by atoms with Crippen molar-refractivity contribution in [3.63, 3.8) is 0 Å². The highest BCUT2D eigenvalue weighted by Gasteiger charge is 2.38. The zero-order chi connectivity index (χ0) is 28.1. The van der Waals surface area contributed by atoms with Gasteiger partial charge in [0.05, 0.1) is 32.4 Å². The number of likely N-dealkylation sites (N-methyl/N-ethyl adjacent to an activating group) is 1. The Morgan fingerprint density at radius 3 is 2.28 bits per heavy atom. The number of methoxy groups -OCH3 is 2. The quantitative estimate of drug-likeness (QED) is 0.498. The van der Waals surface area contributed by atoms with E-state index in [4.69, 9.17) is 25.8 Å². The molecule has 0 aromatic heterocycles. The van der Waals surface area contributed by atoms with Crippen molar-refractivity contribution in [2.45, 2.75) is 13.0 Å². The SMILES string of the molecule is CCOC(=O)C1=C(CN2CCN(C(=O)c3ccc(Cl)cc3)CC2)N(C)C(=O)NC1c1ccc(OC)c(OC)c1. The molecule has 2 heterocycles. The normalized spacial score (nSPS) is 18.1. The third kappa shape index (κ3) is 6.12. The van der Waals surface area contributed by atoms with Gasteiger partial charge in [-0.1, -0.05) is 17.7 Å². The molecule has 10 nitrogen and oxygen atoms in total. The summed E-state index contributed by atoms with van der Waals surface area (Å²) in [6.07, 6.45) is 0. The fourth-order valence-corrected chi connectivity index (χ4v) is 4.90. The smallest absolute Gasteiger partial charge is 0.338 e. The number of rotatable bonds is 8. The van der Waals surface area contributed by atoms with Crippen LogP contribution < -0.4 is 14.8 Å². The molecule has 1 unspecified atom stereocenters. The van der Waals surface area contributed by atoms with E-state index in [9.17, 15) is 14.4 Å². The molecule has 1 atom stereocenters. The number of nitrogens with one attached hydrogen (secondary N) is 1. The molecule has 208 valence electrons. The second kappa shape index (κ2) is 12.4. The fourth-order valence-electron chi connectivity index (χ4n) is 4.78. The number of urea groups is 1. The van der Waals surface area contributed by atoms with E-state index in [-0.39, 0.29) is 18.5 Å². The van der Waals surface area contributed by atoms with Crippen molar-refractivity contribution < 1.29 is 28.6 Å². The number of carbonyl (C=O) groups excluding carboxylic acids is 3. The molecule has 0 radical (unpaired) electrons. The van der Waals surface area contributed by atoms with Gasteiger partial charge in [-0.25, -0.2) is 9.59 Å². The zero-order valence-corrected chi connectivity index (χ0v) is 23.3. The molecule has 0 spiro atoms. The summed E-state index contributed by atoms with van der Waals surface area (Å²) < 4.78 is 16.2. The predicted octanol–water partition coefficient (Wildman–Crippen LogP) is 3.33. The largest absolute Gasteiger partial charge is 0.493 e. The lowest BCUT2D eigenvalue weighted by atomic mass is 9.94. The first-order chi connectivity index (χ1) is 18.8. The molecular formula is C28H33ClN4O6. The summed E-state index contributed by atoms with van der Waals surface area (Å²) in [5, 5.41) is 3.50. The third-order valence-electron chi connectivity index (χ3n) is 6.94. The van der Waals surface area contributed by atoms with Crippen LogP contribution in [0, 0.1) is 0 Å². The van der Waals surface area contributed by atoms with Gasteiger partial charge in [-0.15, -0.1) is 0 Å². The van der Waals surface area contributed by atoms with Crippen LogP contribution in [0.1, 0.15) is 28.9 Å². The van der Waals surface area contributed by atoms with Crippen LogP contribution in [0.15, 0.2) is 53.7 Å². The number of halogens is 1. The van der Waals surface area contributed by atoms with Crippen molar-refractivity contribution >= 4 is 29.5 Å². The average molecular weight is 557 g/mol. The molecule has 1 fully saturated rings. The highest BCUT2D eigenvalue weighted by molar-refractivity contribution is 6.30. The summed E-state index contributed by atoms with van der Waals surface area (Å²) in [7, 11) is 4.70. The van der Waals surface area contributed by atoms with Gasteiger partial charge < -0.3 is 24.4 Å². The Bertz CT molecular complexity index is 1260. The van der Waals surface area contributed by atoms with Crippen molar-refractivity contribution in [3.8, 4) is 11.5 Å². The van der Waals surface area contributed by atoms with Crippen LogP contribution in [0.4, 0.5) is 4.79 Å². The van der Waals surface area contributed by atoms with Gasteiger partial charge in [0.15, 0.2) is 11.5 Å². The Morgan fingerprint density at radius 1 is 1.00 bits per heavy atom. The minimum Gasteiger partial charge on any atom is -0.493 e. The molecular weight excluding hydrogens is 524 g/mol. The van der Waals surface area contributed by atoms with E-state index in [0.29, 0.717) is 71.6 Å². The van der Waals surface area contributed by atoms with E-state index >= 15 is 0 Å². The van der Waals surface area contributed by atoms with E-state index in [1.54, 1.807) is 68.4 Å². The number of amides is 3. The molecule has 2 aromatic rings. The maximum atomic E-state index is 13.3. The molecule has 3 amide bonds. The number of esters is 1. The van der Waals surface area contributed by atoms with Gasteiger partial charge in [0.1, 0.15) is 0 Å². The minimum absolute atomic E-state index is 0.0552. The standard InChI is InChI=1S/C28H33ClN4O6/c1-5-39-27(35)24-21(17-32-12-14-33(15-13-32)26(34)18-6-9-20(29)10-7-18)31(2)28(36)30-25(24)19-8-11-22(37-3)23(16-19)38-4/h6-11,16,25H,5,12-15,17H2,1-4H3,(H,30,36). The first-order valence-corrected chi connectivity index (χ1v) is 13.1. The van der Waals surface area contributed by atoms with Gasteiger partial charge in [0, 0.05) is 56.1 Å². The second-order valence-electron chi connectivity index (χ2n) is 9.21. The second-order valence-corrected chi connectivity index (χ2v) is 9.65. The summed E-state index contributed by atoms with van der Waals surface area (Å²) in [5.74, 6) is 0.457. The van der Waals surface area contributed by atoms with Crippen molar-refractivity contribution in [2.75, 3.05) is 60.6 Å². The van der Waals surface area contributed by atoms with Gasteiger partial charge in [0.2, 0.25) is 0 Å². The van der Waals surface area contributed by atoms with Gasteiger partial charge in [-0.2, -0.15) is 0 Å². The van der Waals surface area contributed by atoms with Crippen molar-refractivity contribution in [3.05, 3.63) is 69.9 Å². The molecule has 39 heavy (non-hydrogen) atoms. The van der Waals surface area contributed by atoms with E-state index in [0.717, 1.165) is 0 Å². The fraction of sp³-hybridized carbons (Fsp3) is 0.393. The van der Waals surface area contributed by atoms with Crippen LogP contribution in [0.3, 0.4) is 0 Å². The Balaban J connectivity index is 1.59. The highest BCUT2D eigenvalue weighted by Crippen LogP contribution is 2.36. The average Bonchev–Trinajstić information content (AvgIpc) is 2.95. The molecule has 11 heteroatoms. The van der Waals surface area contributed by atoms with E-state index in [1.807, 2.05) is 0 Å². The van der Waals surface area contributed by atoms with Gasteiger partial charge >= 0.3 is 12.0 Å². The van der Waals surface area contributed by atoms with Gasteiger partial charge in [-0.3, -0.25) is 14.6 Å². The zero-order valence-electron chi connectivity index (χ0n) is 22.5. The Morgan fingerprint density at radius 2 is 1.67 bits per heavy atom. The number of nitrogens with zero attached hydrogens (tertiary/aromatic N) is 3. The summed E-state index contributed by atoms with van der Waals surface area (Å²) in [6.45, 7) is 4.45. The molecule has 1 N–H and O–H groups in total. The summed E-state index contributed by atoms with van der Waals surface area (Å²) in [4.78, 5) is 44.6. The van der Waals surface area contributed by atoms with Crippen LogP contribution in [0.25, 0.3) is 0 Å². The maximum absolute atomic E-state index is 13.3. The van der Waals surface area contributed by atoms with Crippen molar-refractivity contribution in [1.82, 2.24) is 20.0 Å². The van der Waals surface area contributed by atoms with E-state index in [2.05, 4.69) is 10.2 Å². The topological polar surface area (TPSA) is 101 Å². The van der Waals surface area contributed by atoms with Crippen LogP contribution >= 0.6 is 11.6 Å². The first kappa shape index (κ1) is 28.3. The minimum atomic E-state index is -0.740. The van der Waals surface area contributed by atoms with Crippen molar-refractivity contribution in [2.24, 2.45) is 0 Å². The number of hydrogen-bond donors (Lipinski definition) is 1. The predicted molar refractivity (Wildman–Crippen MR) is 146 cm³/mol. The highest BCUT2D eigenvalue weighted by atomic mass is 35.5. The Hall–Kier alpha value is -3.76. The summed E-state index contributed by atoms with van der Waals surface area (Å²) in [5.41, 5.74) is 2.15. The molecule has 0 saturated carbocycles.